The average molecular weight is 394 g/mol. The van der Waals surface area contributed by atoms with Gasteiger partial charge in [-0.15, -0.1) is 0 Å². The van der Waals surface area contributed by atoms with Crippen LogP contribution in [0.4, 0.5) is 4.79 Å². The van der Waals surface area contributed by atoms with Crippen molar-refractivity contribution in [1.82, 2.24) is 20.7 Å². The lowest BCUT2D eigenvalue weighted by Crippen LogP contribution is -2.41. The second-order valence-corrected chi connectivity index (χ2v) is 8.30. The number of imide groups is 1. The molecule has 0 aliphatic carbocycles. The van der Waals surface area contributed by atoms with E-state index in [2.05, 4.69) is 20.7 Å². The van der Waals surface area contributed by atoms with Gasteiger partial charge in [0.05, 0.1) is 12.0 Å². The molecule has 9 nitrogen and oxygen atoms in total. The Morgan fingerprint density at radius 1 is 1.30 bits per heavy atom. The highest BCUT2D eigenvalue weighted by atomic mass is 32.2. The molecule has 3 rings (SSSR count). The largest absolute Gasteiger partial charge is 0.496 e. The second kappa shape index (κ2) is 7.29. The average Bonchev–Trinajstić information content (AvgIpc) is 2.93. The van der Waals surface area contributed by atoms with Crippen LogP contribution in [0.15, 0.2) is 34.7 Å². The predicted octanol–water partition coefficient (Wildman–Crippen LogP) is -0.0522. The topological polar surface area (TPSA) is 126 Å². The van der Waals surface area contributed by atoms with Gasteiger partial charge in [0, 0.05) is 18.7 Å². The molecule has 1 fully saturated rings. The highest BCUT2D eigenvalue weighted by Gasteiger charge is 2.45. The van der Waals surface area contributed by atoms with Crippen molar-refractivity contribution in [3.8, 4) is 5.75 Å². The van der Waals surface area contributed by atoms with E-state index in [9.17, 15) is 18.0 Å². The number of carbonyl (C=O) groups is 2. The van der Waals surface area contributed by atoms with Crippen molar-refractivity contribution in [3.63, 3.8) is 0 Å². The number of methoxy groups -OCH3 is 1. The number of hydrogen-bond donors (Lipinski definition) is 4. The molecule has 2 heterocycles. The maximum Gasteiger partial charge on any atom is 0.322 e. The minimum absolute atomic E-state index is 0.0111. The lowest BCUT2D eigenvalue weighted by Gasteiger charge is -2.24. The molecule has 10 heteroatoms. The van der Waals surface area contributed by atoms with Crippen LogP contribution in [0.5, 0.6) is 5.75 Å². The molecule has 1 aromatic carbocycles. The van der Waals surface area contributed by atoms with Crippen LogP contribution in [0.25, 0.3) is 0 Å². The van der Waals surface area contributed by atoms with Crippen molar-refractivity contribution >= 4 is 22.0 Å². The Kier molecular flexibility index (Phi) is 5.22. The molecule has 2 aliphatic heterocycles. The van der Waals surface area contributed by atoms with Crippen LogP contribution < -0.4 is 25.4 Å². The molecule has 1 aromatic rings. The lowest BCUT2D eigenvalue weighted by molar-refractivity contribution is -0.123. The first kappa shape index (κ1) is 19.3. The van der Waals surface area contributed by atoms with Gasteiger partial charge in [0.2, 0.25) is 10.0 Å². The molecular weight excluding hydrogens is 372 g/mol. The Morgan fingerprint density at radius 2 is 2.07 bits per heavy atom. The van der Waals surface area contributed by atoms with Crippen LogP contribution >= 0.6 is 0 Å². The maximum absolute atomic E-state index is 12.7. The van der Waals surface area contributed by atoms with Crippen molar-refractivity contribution in [2.24, 2.45) is 0 Å². The fraction of sp³-hybridized carbons (Fsp3) is 0.412. The Hall–Kier alpha value is -2.43. The van der Waals surface area contributed by atoms with Crippen LogP contribution in [-0.4, -0.2) is 47.1 Å². The van der Waals surface area contributed by atoms with Crippen LogP contribution in [0.1, 0.15) is 18.9 Å². The molecule has 1 atom stereocenters. The van der Waals surface area contributed by atoms with E-state index < -0.39 is 27.5 Å². The monoisotopic (exact) mass is 394 g/mol. The standard InChI is InChI=1S/C17H22N4O5S/c1-17(15(22)20-16(23)21-17)13-9-12(3-4-14(13)26-2)27(24,25)19-10-11-5-7-18-8-6-11/h3-5,9,18-19H,6-8,10H2,1-2H3,(H2,20,21,22,23). The van der Waals surface area contributed by atoms with Gasteiger partial charge in [-0.1, -0.05) is 11.6 Å². The van der Waals surface area contributed by atoms with Gasteiger partial charge in [-0.25, -0.2) is 17.9 Å². The van der Waals surface area contributed by atoms with Crippen molar-refractivity contribution in [3.05, 3.63) is 35.4 Å². The highest BCUT2D eigenvalue weighted by Crippen LogP contribution is 2.34. The Morgan fingerprint density at radius 3 is 2.67 bits per heavy atom. The summed E-state index contributed by atoms with van der Waals surface area (Å²) >= 11 is 0. The van der Waals surface area contributed by atoms with E-state index >= 15 is 0 Å². The molecule has 0 radical (unpaired) electrons. The van der Waals surface area contributed by atoms with Gasteiger partial charge in [-0.3, -0.25) is 10.1 Å². The molecule has 3 amide bonds. The lowest BCUT2D eigenvalue weighted by atomic mass is 9.91. The quantitative estimate of drug-likeness (QED) is 0.396. The minimum atomic E-state index is -3.81. The molecular formula is C17H22N4O5S. The normalized spacial score (nSPS) is 22.8. The highest BCUT2D eigenvalue weighted by molar-refractivity contribution is 7.89. The number of carbonyl (C=O) groups excluding carboxylic acids is 2. The molecule has 0 bridgehead atoms. The Balaban J connectivity index is 1.91. The summed E-state index contributed by atoms with van der Waals surface area (Å²) < 4.78 is 33.3. The summed E-state index contributed by atoms with van der Waals surface area (Å²) in [5.41, 5.74) is -0.149. The maximum atomic E-state index is 12.7. The first-order valence-electron chi connectivity index (χ1n) is 8.46. The molecule has 146 valence electrons. The third-order valence-corrected chi connectivity index (χ3v) is 6.11. The van der Waals surface area contributed by atoms with Gasteiger partial charge >= 0.3 is 6.03 Å². The van der Waals surface area contributed by atoms with Gasteiger partial charge in [-0.05, 0) is 38.1 Å². The summed E-state index contributed by atoms with van der Waals surface area (Å²) in [6.45, 7) is 3.25. The summed E-state index contributed by atoms with van der Waals surface area (Å²) in [4.78, 5) is 23.8. The molecule has 1 saturated heterocycles. The summed E-state index contributed by atoms with van der Waals surface area (Å²) in [5.74, 6) is -0.275. The van der Waals surface area contributed by atoms with Crippen molar-refractivity contribution in [2.45, 2.75) is 23.8 Å². The van der Waals surface area contributed by atoms with E-state index in [4.69, 9.17) is 4.74 Å². The Labute approximate surface area is 157 Å². The van der Waals surface area contributed by atoms with Gasteiger partial charge in [-0.2, -0.15) is 0 Å². The summed E-state index contributed by atoms with van der Waals surface area (Å²) in [6.07, 6.45) is 2.74. The fourth-order valence-electron chi connectivity index (χ4n) is 3.08. The predicted molar refractivity (Wildman–Crippen MR) is 97.8 cm³/mol. The molecule has 0 saturated carbocycles. The molecule has 0 aromatic heterocycles. The zero-order valence-corrected chi connectivity index (χ0v) is 15.9. The Bertz CT molecular complexity index is 912. The van der Waals surface area contributed by atoms with Gasteiger partial charge < -0.3 is 15.4 Å². The molecule has 2 aliphatic rings. The first-order chi connectivity index (χ1) is 12.8. The van der Waals surface area contributed by atoms with Gasteiger partial charge in [0.15, 0.2) is 0 Å². The third-order valence-electron chi connectivity index (χ3n) is 4.71. The third kappa shape index (κ3) is 3.82. The molecule has 0 spiro atoms. The summed E-state index contributed by atoms with van der Waals surface area (Å²) in [7, 11) is -2.40. The van der Waals surface area contributed by atoms with E-state index in [1.807, 2.05) is 6.08 Å². The van der Waals surface area contributed by atoms with Gasteiger partial charge in [0.1, 0.15) is 11.3 Å². The molecule has 4 N–H and O–H groups in total. The van der Waals surface area contributed by atoms with Crippen LogP contribution in [0.3, 0.4) is 0 Å². The number of hydrogen-bond acceptors (Lipinski definition) is 6. The second-order valence-electron chi connectivity index (χ2n) is 6.54. The number of sulfonamides is 1. The van der Waals surface area contributed by atoms with Crippen molar-refractivity contribution < 1.29 is 22.7 Å². The first-order valence-corrected chi connectivity index (χ1v) is 9.95. The number of urea groups is 1. The zero-order valence-electron chi connectivity index (χ0n) is 15.1. The fourth-order valence-corrected chi connectivity index (χ4v) is 4.14. The van der Waals surface area contributed by atoms with Gasteiger partial charge in [0.25, 0.3) is 5.91 Å². The smallest absolute Gasteiger partial charge is 0.322 e. The van der Waals surface area contributed by atoms with Crippen LogP contribution in [0, 0.1) is 0 Å². The van der Waals surface area contributed by atoms with Crippen molar-refractivity contribution in [2.75, 3.05) is 26.7 Å². The van der Waals surface area contributed by atoms with E-state index in [-0.39, 0.29) is 17.0 Å². The number of benzene rings is 1. The van der Waals surface area contributed by atoms with E-state index in [1.54, 1.807) is 0 Å². The number of ether oxygens (including phenoxy) is 1. The molecule has 27 heavy (non-hydrogen) atoms. The summed E-state index contributed by atoms with van der Waals surface area (Å²) in [5, 5.41) is 7.85. The SMILES string of the molecule is COc1ccc(S(=O)(=O)NCC2=CCNCC2)cc1C1(C)NC(=O)NC1=O. The van der Waals surface area contributed by atoms with E-state index in [0.29, 0.717) is 5.75 Å². The van der Waals surface area contributed by atoms with Crippen molar-refractivity contribution in [1.29, 1.82) is 0 Å². The number of amides is 3. The molecule has 1 unspecified atom stereocenters. The summed E-state index contributed by atoms with van der Waals surface area (Å²) in [6, 6.07) is 3.58. The van der Waals surface area contributed by atoms with Crippen LogP contribution in [0.2, 0.25) is 0 Å². The number of nitrogens with one attached hydrogen (secondary N) is 4. The number of rotatable bonds is 6. The zero-order chi connectivity index (χ0) is 19.7. The van der Waals surface area contributed by atoms with E-state index in [1.165, 1.54) is 32.2 Å². The minimum Gasteiger partial charge on any atom is -0.496 e. The van der Waals surface area contributed by atoms with Crippen LogP contribution in [-0.2, 0) is 20.4 Å². The van der Waals surface area contributed by atoms with E-state index in [0.717, 1.165) is 25.1 Å².